The molecule has 0 unspecified atom stereocenters. The molecule has 2 heterocycles. The van der Waals surface area contributed by atoms with Gasteiger partial charge < -0.3 is 10.3 Å². The summed E-state index contributed by atoms with van der Waals surface area (Å²) in [6.07, 6.45) is 2.99. The maximum Gasteiger partial charge on any atom is 0.0719 e. The SMILES string of the molecule is Cc1c(-c2cn(C)c3ccccc23)c(CCN)nn1C. The van der Waals surface area contributed by atoms with Crippen LogP contribution in [-0.2, 0) is 20.5 Å². The lowest BCUT2D eigenvalue weighted by Crippen LogP contribution is -2.04. The van der Waals surface area contributed by atoms with Crippen LogP contribution in [0.3, 0.4) is 0 Å². The standard InChI is InChI=1S/C16H20N4/c1-11-16(14(8-9-17)18-20(11)3)13-10-19(2)15-7-5-4-6-12(13)15/h4-7,10H,8-9,17H2,1-3H3. The summed E-state index contributed by atoms with van der Waals surface area (Å²) in [5.74, 6) is 0. The lowest BCUT2D eigenvalue weighted by atomic mass is 10.0. The maximum atomic E-state index is 5.73. The first-order valence-corrected chi connectivity index (χ1v) is 6.90. The number of aryl methyl sites for hydroxylation is 2. The Hall–Kier alpha value is -2.07. The Morgan fingerprint density at radius 2 is 1.95 bits per heavy atom. The highest BCUT2D eigenvalue weighted by atomic mass is 15.3. The molecule has 3 aromatic rings. The van der Waals surface area contributed by atoms with Crippen molar-refractivity contribution in [1.29, 1.82) is 0 Å². The van der Waals surface area contributed by atoms with Gasteiger partial charge in [-0.25, -0.2) is 0 Å². The van der Waals surface area contributed by atoms with E-state index < -0.39 is 0 Å². The number of rotatable bonds is 3. The molecule has 0 bridgehead atoms. The largest absolute Gasteiger partial charge is 0.350 e. The molecule has 0 spiro atoms. The number of aromatic nitrogens is 3. The van der Waals surface area contributed by atoms with Gasteiger partial charge in [-0.15, -0.1) is 0 Å². The highest BCUT2D eigenvalue weighted by Gasteiger charge is 2.18. The number of nitrogens with two attached hydrogens (primary N) is 1. The third-order valence-corrected chi connectivity index (χ3v) is 3.95. The van der Waals surface area contributed by atoms with E-state index in [9.17, 15) is 0 Å². The maximum absolute atomic E-state index is 5.73. The van der Waals surface area contributed by atoms with E-state index in [1.807, 2.05) is 11.7 Å². The van der Waals surface area contributed by atoms with Gasteiger partial charge in [0.2, 0.25) is 0 Å². The molecule has 0 aliphatic heterocycles. The zero-order valence-electron chi connectivity index (χ0n) is 12.2. The van der Waals surface area contributed by atoms with Crippen LogP contribution >= 0.6 is 0 Å². The Balaban J connectivity index is 2.31. The average molecular weight is 268 g/mol. The molecule has 20 heavy (non-hydrogen) atoms. The van der Waals surface area contributed by atoms with Crippen molar-refractivity contribution >= 4 is 10.9 Å². The molecule has 1 aromatic carbocycles. The van der Waals surface area contributed by atoms with Crippen molar-refractivity contribution in [1.82, 2.24) is 14.3 Å². The van der Waals surface area contributed by atoms with Crippen molar-refractivity contribution in [3.05, 3.63) is 41.9 Å². The molecule has 0 aliphatic rings. The molecule has 3 rings (SSSR count). The summed E-state index contributed by atoms with van der Waals surface area (Å²) in [4.78, 5) is 0. The summed E-state index contributed by atoms with van der Waals surface area (Å²) < 4.78 is 4.12. The lowest BCUT2D eigenvalue weighted by molar-refractivity contribution is 0.718. The highest BCUT2D eigenvalue weighted by molar-refractivity contribution is 5.97. The molecule has 2 N–H and O–H groups in total. The number of para-hydroxylation sites is 1. The third kappa shape index (κ3) is 1.84. The van der Waals surface area contributed by atoms with Crippen LogP contribution < -0.4 is 5.73 Å². The predicted molar refractivity (Wildman–Crippen MR) is 82.6 cm³/mol. The van der Waals surface area contributed by atoms with E-state index >= 15 is 0 Å². The first-order chi connectivity index (χ1) is 9.63. The van der Waals surface area contributed by atoms with Gasteiger partial charge in [-0.3, -0.25) is 4.68 Å². The number of fused-ring (bicyclic) bond motifs is 1. The first-order valence-electron chi connectivity index (χ1n) is 6.90. The van der Waals surface area contributed by atoms with Crippen LogP contribution in [0.15, 0.2) is 30.5 Å². The minimum Gasteiger partial charge on any atom is -0.350 e. The number of hydrogen-bond donors (Lipinski definition) is 1. The quantitative estimate of drug-likeness (QED) is 0.793. The third-order valence-electron chi connectivity index (χ3n) is 3.95. The van der Waals surface area contributed by atoms with Crippen LogP contribution in [0, 0.1) is 6.92 Å². The molecule has 0 saturated heterocycles. The molecule has 104 valence electrons. The summed E-state index contributed by atoms with van der Waals surface area (Å²) in [7, 11) is 4.07. The smallest absolute Gasteiger partial charge is 0.0719 e. The van der Waals surface area contributed by atoms with Crippen molar-refractivity contribution in [3.63, 3.8) is 0 Å². The van der Waals surface area contributed by atoms with Crippen molar-refractivity contribution in [2.24, 2.45) is 19.8 Å². The predicted octanol–water partition coefficient (Wildman–Crippen LogP) is 2.39. The monoisotopic (exact) mass is 268 g/mol. The van der Waals surface area contributed by atoms with E-state index in [-0.39, 0.29) is 0 Å². The Morgan fingerprint density at radius 1 is 1.20 bits per heavy atom. The highest BCUT2D eigenvalue weighted by Crippen LogP contribution is 2.34. The van der Waals surface area contributed by atoms with Crippen LogP contribution in [0.25, 0.3) is 22.0 Å². The second kappa shape index (κ2) is 4.80. The minimum atomic E-state index is 0.619. The Bertz CT molecular complexity index is 764. The van der Waals surface area contributed by atoms with E-state index in [1.54, 1.807) is 0 Å². The van der Waals surface area contributed by atoms with Gasteiger partial charge in [-0.05, 0) is 19.5 Å². The Kier molecular flexibility index (Phi) is 3.10. The van der Waals surface area contributed by atoms with Gasteiger partial charge in [0, 0.05) is 54.4 Å². The van der Waals surface area contributed by atoms with Crippen LogP contribution in [0.5, 0.6) is 0 Å². The molecule has 4 heteroatoms. The van der Waals surface area contributed by atoms with Crippen molar-refractivity contribution in [3.8, 4) is 11.1 Å². The Morgan fingerprint density at radius 3 is 2.70 bits per heavy atom. The van der Waals surface area contributed by atoms with Crippen molar-refractivity contribution in [2.45, 2.75) is 13.3 Å². The van der Waals surface area contributed by atoms with Gasteiger partial charge in [-0.1, -0.05) is 18.2 Å². The zero-order valence-corrected chi connectivity index (χ0v) is 12.2. The molecule has 0 fully saturated rings. The van der Waals surface area contributed by atoms with Gasteiger partial charge in [0.05, 0.1) is 5.69 Å². The van der Waals surface area contributed by atoms with Crippen LogP contribution in [0.4, 0.5) is 0 Å². The Labute approximate surface area is 118 Å². The first kappa shape index (κ1) is 12.9. The van der Waals surface area contributed by atoms with E-state index in [2.05, 4.69) is 54.1 Å². The molecule has 0 amide bonds. The van der Waals surface area contributed by atoms with Gasteiger partial charge >= 0.3 is 0 Å². The molecular formula is C16H20N4. The minimum absolute atomic E-state index is 0.619. The van der Waals surface area contributed by atoms with Gasteiger partial charge in [0.25, 0.3) is 0 Å². The fourth-order valence-electron chi connectivity index (χ4n) is 2.88. The van der Waals surface area contributed by atoms with Gasteiger partial charge in [0.1, 0.15) is 0 Å². The van der Waals surface area contributed by atoms with Crippen molar-refractivity contribution < 1.29 is 0 Å². The van der Waals surface area contributed by atoms with Gasteiger partial charge in [-0.2, -0.15) is 5.10 Å². The summed E-state index contributed by atoms with van der Waals surface area (Å²) in [6, 6.07) is 8.47. The van der Waals surface area contributed by atoms with Crippen molar-refractivity contribution in [2.75, 3.05) is 6.54 Å². The zero-order chi connectivity index (χ0) is 14.3. The van der Waals surface area contributed by atoms with E-state index in [1.165, 1.54) is 27.7 Å². The average Bonchev–Trinajstić information content (AvgIpc) is 2.90. The summed E-state index contributed by atoms with van der Waals surface area (Å²) in [6.45, 7) is 2.73. The number of nitrogens with zero attached hydrogens (tertiary/aromatic N) is 3. The molecule has 0 radical (unpaired) electrons. The molecule has 4 nitrogen and oxygen atoms in total. The van der Waals surface area contributed by atoms with Crippen LogP contribution in [0.2, 0.25) is 0 Å². The van der Waals surface area contributed by atoms with E-state index in [0.717, 1.165) is 12.1 Å². The fourth-order valence-corrected chi connectivity index (χ4v) is 2.88. The topological polar surface area (TPSA) is 48.8 Å². The molecule has 2 aromatic heterocycles. The normalized spacial score (nSPS) is 11.4. The number of benzene rings is 1. The lowest BCUT2D eigenvalue weighted by Gasteiger charge is -2.02. The molecule has 0 atom stereocenters. The van der Waals surface area contributed by atoms with Gasteiger partial charge in [0.15, 0.2) is 0 Å². The fraction of sp³-hybridized carbons (Fsp3) is 0.312. The second-order valence-electron chi connectivity index (χ2n) is 5.24. The summed E-state index contributed by atoms with van der Waals surface area (Å²) in [5.41, 5.74) is 11.7. The summed E-state index contributed by atoms with van der Waals surface area (Å²) >= 11 is 0. The second-order valence-corrected chi connectivity index (χ2v) is 5.24. The van der Waals surface area contributed by atoms with Crippen LogP contribution in [-0.4, -0.2) is 20.9 Å². The molecular weight excluding hydrogens is 248 g/mol. The van der Waals surface area contributed by atoms with Crippen LogP contribution in [0.1, 0.15) is 11.4 Å². The molecule has 0 aliphatic carbocycles. The van der Waals surface area contributed by atoms with E-state index in [4.69, 9.17) is 5.73 Å². The molecule has 0 saturated carbocycles. The number of hydrogen-bond acceptors (Lipinski definition) is 2. The van der Waals surface area contributed by atoms with E-state index in [0.29, 0.717) is 6.54 Å². The summed E-state index contributed by atoms with van der Waals surface area (Å²) in [5, 5.41) is 5.89.